The van der Waals surface area contributed by atoms with Gasteiger partial charge in [0.15, 0.2) is 0 Å². The van der Waals surface area contributed by atoms with E-state index in [1.54, 1.807) is 7.11 Å². The largest absolute Gasteiger partial charge is 0.497 e. The smallest absolute Gasteiger partial charge is 0.367 e. The van der Waals surface area contributed by atoms with Gasteiger partial charge >= 0.3 is 5.97 Å². The highest BCUT2D eigenvalue weighted by atomic mass is 16.5. The molecule has 4 heteroatoms. The molecule has 0 aliphatic rings. The Morgan fingerprint density at radius 2 is 1.40 bits per heavy atom. The van der Waals surface area contributed by atoms with Crippen molar-refractivity contribution in [2.24, 2.45) is 0 Å². The average molecular weight is 351 g/mol. The molecular formula is C21H36NO3+. The fourth-order valence-corrected chi connectivity index (χ4v) is 3.62. The molecule has 0 saturated heterocycles. The van der Waals surface area contributed by atoms with Crippen LogP contribution in [0.3, 0.4) is 0 Å². The van der Waals surface area contributed by atoms with Crippen molar-refractivity contribution in [2.75, 3.05) is 26.7 Å². The Morgan fingerprint density at radius 3 is 1.72 bits per heavy atom. The van der Waals surface area contributed by atoms with Crippen molar-refractivity contribution in [3.05, 3.63) is 29.8 Å². The number of unbranched alkanes of at least 4 members (excludes halogenated alkanes) is 3. The van der Waals surface area contributed by atoms with Crippen molar-refractivity contribution in [3.63, 3.8) is 0 Å². The lowest BCUT2D eigenvalue weighted by Gasteiger charge is -2.43. The summed E-state index contributed by atoms with van der Waals surface area (Å²) in [7, 11) is 1.63. The van der Waals surface area contributed by atoms with E-state index in [2.05, 4.69) is 20.8 Å². The monoisotopic (exact) mass is 350 g/mol. The molecule has 0 fully saturated rings. The van der Waals surface area contributed by atoms with Gasteiger partial charge in [-0.3, -0.25) is 0 Å². The zero-order valence-electron chi connectivity index (χ0n) is 16.5. The SMILES string of the molecule is CCCC[N+](CCCC)(CCCC)C(C(=O)O)c1ccc(OC)cc1. The van der Waals surface area contributed by atoms with Crippen LogP contribution >= 0.6 is 0 Å². The van der Waals surface area contributed by atoms with Crippen molar-refractivity contribution in [1.29, 1.82) is 0 Å². The first-order chi connectivity index (χ1) is 12.0. The maximum atomic E-state index is 12.3. The van der Waals surface area contributed by atoms with Gasteiger partial charge in [-0.2, -0.15) is 0 Å². The first-order valence-corrected chi connectivity index (χ1v) is 9.77. The lowest BCUT2D eigenvalue weighted by Crippen LogP contribution is -2.55. The third-order valence-corrected chi connectivity index (χ3v) is 5.08. The molecule has 1 unspecified atom stereocenters. The molecule has 0 heterocycles. The minimum absolute atomic E-state index is 0.504. The molecule has 0 bridgehead atoms. The Hall–Kier alpha value is -1.55. The summed E-state index contributed by atoms with van der Waals surface area (Å²) in [6.45, 7) is 9.32. The number of carboxylic acids is 1. The number of benzene rings is 1. The van der Waals surface area contributed by atoms with Crippen LogP contribution in [-0.2, 0) is 4.79 Å². The predicted molar refractivity (Wildman–Crippen MR) is 103 cm³/mol. The molecule has 0 spiro atoms. The van der Waals surface area contributed by atoms with E-state index in [1.807, 2.05) is 24.3 Å². The average Bonchev–Trinajstić information content (AvgIpc) is 2.63. The number of carbonyl (C=O) groups is 1. The topological polar surface area (TPSA) is 46.5 Å². The van der Waals surface area contributed by atoms with E-state index in [1.165, 1.54) is 0 Å². The van der Waals surface area contributed by atoms with Gasteiger partial charge < -0.3 is 14.3 Å². The minimum Gasteiger partial charge on any atom is -0.497 e. The maximum absolute atomic E-state index is 12.3. The Labute approximate surface area is 153 Å². The molecule has 0 radical (unpaired) electrons. The first kappa shape index (κ1) is 21.5. The second-order valence-corrected chi connectivity index (χ2v) is 6.96. The van der Waals surface area contributed by atoms with E-state index in [-0.39, 0.29) is 0 Å². The Morgan fingerprint density at radius 1 is 0.960 bits per heavy atom. The highest BCUT2D eigenvalue weighted by Gasteiger charge is 2.42. The molecule has 0 aliphatic heterocycles. The number of methoxy groups -OCH3 is 1. The fraction of sp³-hybridized carbons (Fsp3) is 0.667. The molecule has 1 N–H and O–H groups in total. The van der Waals surface area contributed by atoms with Crippen LogP contribution in [0.5, 0.6) is 5.75 Å². The van der Waals surface area contributed by atoms with Crippen LogP contribution in [0.2, 0.25) is 0 Å². The Bertz CT molecular complexity index is 477. The van der Waals surface area contributed by atoms with Gasteiger partial charge in [0.25, 0.3) is 0 Å². The van der Waals surface area contributed by atoms with Crippen molar-refractivity contribution < 1.29 is 19.1 Å². The Balaban J connectivity index is 3.30. The van der Waals surface area contributed by atoms with E-state index >= 15 is 0 Å². The third-order valence-electron chi connectivity index (χ3n) is 5.08. The zero-order chi connectivity index (χ0) is 18.7. The van der Waals surface area contributed by atoms with Gasteiger partial charge in [0.2, 0.25) is 6.04 Å². The molecule has 1 aromatic rings. The van der Waals surface area contributed by atoms with Crippen LogP contribution in [0.25, 0.3) is 0 Å². The van der Waals surface area contributed by atoms with Crippen molar-refractivity contribution >= 4 is 5.97 Å². The molecule has 1 atom stereocenters. The number of aliphatic carboxylic acids is 1. The van der Waals surface area contributed by atoms with Crippen LogP contribution in [-0.4, -0.2) is 42.3 Å². The van der Waals surface area contributed by atoms with Crippen LogP contribution < -0.4 is 4.74 Å². The van der Waals surface area contributed by atoms with E-state index < -0.39 is 12.0 Å². The second kappa shape index (κ2) is 11.1. The van der Waals surface area contributed by atoms with Gasteiger partial charge in [-0.05, 0) is 43.5 Å². The standard InChI is InChI=1S/C21H35NO3/c1-5-8-15-22(16-9-6-2,17-10-7-3)20(21(23)24)18-11-13-19(25-4)14-12-18/h11-14,20H,5-10,15-17H2,1-4H3/p+1. The summed E-state index contributed by atoms with van der Waals surface area (Å²) < 4.78 is 5.90. The molecule has 25 heavy (non-hydrogen) atoms. The van der Waals surface area contributed by atoms with E-state index in [0.717, 1.165) is 69.5 Å². The van der Waals surface area contributed by atoms with E-state index in [4.69, 9.17) is 4.74 Å². The number of quaternary nitrogens is 1. The van der Waals surface area contributed by atoms with Crippen LogP contribution in [0.15, 0.2) is 24.3 Å². The molecule has 0 aromatic heterocycles. The summed E-state index contributed by atoms with van der Waals surface area (Å²) in [5.41, 5.74) is 0.886. The first-order valence-electron chi connectivity index (χ1n) is 9.77. The summed E-state index contributed by atoms with van der Waals surface area (Å²) in [6.07, 6.45) is 6.46. The van der Waals surface area contributed by atoms with Crippen molar-refractivity contribution in [1.82, 2.24) is 0 Å². The quantitative estimate of drug-likeness (QED) is 0.507. The molecule has 0 saturated carbocycles. The number of ether oxygens (including phenoxy) is 1. The highest BCUT2D eigenvalue weighted by Crippen LogP contribution is 2.33. The van der Waals surface area contributed by atoms with E-state index in [0.29, 0.717) is 4.48 Å². The highest BCUT2D eigenvalue weighted by molar-refractivity contribution is 5.74. The van der Waals surface area contributed by atoms with Gasteiger partial charge in [-0.15, -0.1) is 0 Å². The third kappa shape index (κ3) is 6.03. The lowest BCUT2D eigenvalue weighted by atomic mass is 9.99. The van der Waals surface area contributed by atoms with Gasteiger partial charge in [0.1, 0.15) is 5.75 Å². The molecule has 0 amide bonds. The zero-order valence-corrected chi connectivity index (χ0v) is 16.5. The summed E-state index contributed by atoms with van der Waals surface area (Å²) in [5, 5.41) is 10.1. The molecule has 1 rings (SSSR count). The predicted octanol–water partition coefficient (Wildman–Crippen LogP) is 5.04. The van der Waals surface area contributed by atoms with Gasteiger partial charge in [-0.25, -0.2) is 4.79 Å². The molecule has 142 valence electrons. The van der Waals surface area contributed by atoms with Crippen LogP contribution in [0.4, 0.5) is 0 Å². The number of carboxylic acid groups (broad SMARTS) is 1. The second-order valence-electron chi connectivity index (χ2n) is 6.96. The summed E-state index contributed by atoms with van der Waals surface area (Å²) in [5.74, 6) is 0.0511. The molecular weight excluding hydrogens is 314 g/mol. The normalized spacial score (nSPS) is 12.8. The molecule has 4 nitrogen and oxygen atoms in total. The number of hydrogen-bond donors (Lipinski definition) is 1. The summed E-state index contributed by atoms with van der Waals surface area (Å²) >= 11 is 0. The summed E-state index contributed by atoms with van der Waals surface area (Å²) in [6, 6.07) is 7.09. The number of hydrogen-bond acceptors (Lipinski definition) is 2. The molecule has 1 aromatic carbocycles. The van der Waals surface area contributed by atoms with Gasteiger partial charge in [0, 0.05) is 5.56 Å². The van der Waals surface area contributed by atoms with Crippen molar-refractivity contribution in [2.45, 2.75) is 65.3 Å². The van der Waals surface area contributed by atoms with E-state index in [9.17, 15) is 9.90 Å². The van der Waals surface area contributed by atoms with Gasteiger partial charge in [-0.1, -0.05) is 40.0 Å². The van der Waals surface area contributed by atoms with Gasteiger partial charge in [0.05, 0.1) is 26.7 Å². The minimum atomic E-state index is -0.714. The maximum Gasteiger partial charge on any atom is 0.367 e. The molecule has 0 aliphatic carbocycles. The Kier molecular flexibility index (Phi) is 9.58. The number of nitrogens with zero attached hydrogens (tertiary/aromatic N) is 1. The van der Waals surface area contributed by atoms with Crippen LogP contribution in [0, 0.1) is 0 Å². The van der Waals surface area contributed by atoms with Crippen LogP contribution in [0.1, 0.15) is 70.9 Å². The number of rotatable bonds is 13. The fourth-order valence-electron chi connectivity index (χ4n) is 3.62. The lowest BCUT2D eigenvalue weighted by molar-refractivity contribution is -0.949. The summed E-state index contributed by atoms with van der Waals surface area (Å²) in [4.78, 5) is 12.3. The van der Waals surface area contributed by atoms with Crippen molar-refractivity contribution in [3.8, 4) is 5.75 Å².